The lowest BCUT2D eigenvalue weighted by molar-refractivity contribution is -0.125. The summed E-state index contributed by atoms with van der Waals surface area (Å²) in [6.07, 6.45) is -0.0495. The largest absolute Gasteiger partial charge is 0.486 e. The lowest BCUT2D eigenvalue weighted by Crippen LogP contribution is -2.61. The number of β-amino-alcohol motifs (C(OH)–C–C–N with tert-alkyl or cyclic N) is 1. The van der Waals surface area contributed by atoms with Gasteiger partial charge in [0.15, 0.2) is 11.5 Å². The predicted octanol–water partition coefficient (Wildman–Crippen LogP) is 2.02. The molecule has 0 saturated carbocycles. The van der Waals surface area contributed by atoms with E-state index in [2.05, 4.69) is 10.6 Å². The van der Waals surface area contributed by atoms with Crippen LogP contribution >= 0.6 is 11.6 Å². The second kappa shape index (κ2) is 7.99. The maximum atomic E-state index is 13.0. The highest BCUT2D eigenvalue weighted by molar-refractivity contribution is 6.31. The molecule has 2 heterocycles. The third-order valence-electron chi connectivity index (χ3n) is 5.32. The van der Waals surface area contributed by atoms with Crippen LogP contribution in [0.15, 0.2) is 42.5 Å². The molecule has 28 heavy (non-hydrogen) atoms. The highest BCUT2D eigenvalue weighted by atomic mass is 35.5. The first-order valence-electron chi connectivity index (χ1n) is 9.42. The first kappa shape index (κ1) is 19.1. The van der Waals surface area contributed by atoms with E-state index in [0.29, 0.717) is 54.8 Å². The fourth-order valence-electron chi connectivity index (χ4n) is 3.86. The molecular formula is C21H23ClN2O4. The van der Waals surface area contributed by atoms with Gasteiger partial charge in [0.1, 0.15) is 13.2 Å². The molecule has 2 aromatic carbocycles. The van der Waals surface area contributed by atoms with E-state index >= 15 is 0 Å². The maximum Gasteiger partial charge on any atom is 0.225 e. The normalized spacial score (nSPS) is 23.9. The number of piperidine rings is 1. The Bertz CT molecular complexity index is 861. The maximum absolute atomic E-state index is 13.0. The number of carbonyl (C=O) groups is 1. The monoisotopic (exact) mass is 402 g/mol. The SMILES string of the molecule is O=C(Cc1cc2c(cc1Cl)OCCO2)N[C@]1(c2ccccc2)CCNC[C@H]1O. The zero-order valence-electron chi connectivity index (χ0n) is 15.4. The summed E-state index contributed by atoms with van der Waals surface area (Å²) < 4.78 is 11.1. The average Bonchev–Trinajstić information content (AvgIpc) is 2.71. The molecular weight excluding hydrogens is 380 g/mol. The summed E-state index contributed by atoms with van der Waals surface area (Å²) >= 11 is 6.35. The van der Waals surface area contributed by atoms with Gasteiger partial charge in [-0.05, 0) is 30.2 Å². The van der Waals surface area contributed by atoms with Gasteiger partial charge >= 0.3 is 0 Å². The molecule has 2 aliphatic rings. The molecule has 2 aliphatic heterocycles. The van der Waals surface area contributed by atoms with Crippen LogP contribution in [0.3, 0.4) is 0 Å². The molecule has 6 nitrogen and oxygen atoms in total. The number of rotatable bonds is 4. The van der Waals surface area contributed by atoms with Crippen LogP contribution in [-0.2, 0) is 16.8 Å². The van der Waals surface area contributed by atoms with Crippen molar-refractivity contribution in [1.82, 2.24) is 10.6 Å². The molecule has 0 unspecified atom stereocenters. The van der Waals surface area contributed by atoms with E-state index in [-0.39, 0.29) is 12.3 Å². The van der Waals surface area contributed by atoms with Gasteiger partial charge in [-0.2, -0.15) is 0 Å². The molecule has 3 N–H and O–H groups in total. The van der Waals surface area contributed by atoms with Crippen molar-refractivity contribution < 1.29 is 19.4 Å². The third kappa shape index (κ3) is 3.68. The lowest BCUT2D eigenvalue weighted by Gasteiger charge is -2.43. The lowest BCUT2D eigenvalue weighted by atomic mass is 9.79. The van der Waals surface area contributed by atoms with Gasteiger partial charge in [-0.25, -0.2) is 0 Å². The smallest absolute Gasteiger partial charge is 0.225 e. The van der Waals surface area contributed by atoms with Gasteiger partial charge in [-0.3, -0.25) is 4.79 Å². The standard InChI is InChI=1S/C21H23ClN2O4/c22-16-12-18-17(27-8-9-28-18)10-14(16)11-20(26)24-21(6-7-23-13-19(21)25)15-4-2-1-3-5-15/h1-5,10,12,19,23,25H,6-9,11,13H2,(H,24,26)/t19-,21+/m1/s1. The zero-order chi connectivity index (χ0) is 19.6. The van der Waals surface area contributed by atoms with Crippen molar-refractivity contribution in [3.63, 3.8) is 0 Å². The van der Waals surface area contributed by atoms with Crippen LogP contribution in [0, 0.1) is 0 Å². The Kier molecular flexibility index (Phi) is 5.44. The summed E-state index contributed by atoms with van der Waals surface area (Å²) in [5.41, 5.74) is 0.727. The third-order valence-corrected chi connectivity index (χ3v) is 5.67. The Hall–Kier alpha value is -2.28. The van der Waals surface area contributed by atoms with Crippen molar-refractivity contribution in [3.8, 4) is 11.5 Å². The van der Waals surface area contributed by atoms with Crippen molar-refractivity contribution in [2.75, 3.05) is 26.3 Å². The van der Waals surface area contributed by atoms with Crippen LogP contribution in [0.4, 0.5) is 0 Å². The number of aliphatic hydroxyl groups is 1. The summed E-state index contributed by atoms with van der Waals surface area (Å²) in [5.74, 6) is 0.983. The highest BCUT2D eigenvalue weighted by Crippen LogP contribution is 2.36. The summed E-state index contributed by atoms with van der Waals surface area (Å²) in [4.78, 5) is 13.0. The first-order valence-corrected chi connectivity index (χ1v) is 9.79. The second-order valence-electron chi connectivity index (χ2n) is 7.12. The quantitative estimate of drug-likeness (QED) is 0.729. The molecule has 2 aromatic rings. The Morgan fingerprint density at radius 2 is 1.93 bits per heavy atom. The Labute approximate surface area is 168 Å². The Morgan fingerprint density at radius 1 is 1.21 bits per heavy atom. The van der Waals surface area contributed by atoms with Gasteiger partial charge in [-0.1, -0.05) is 41.9 Å². The Balaban J connectivity index is 1.57. The van der Waals surface area contributed by atoms with Crippen LogP contribution in [0.25, 0.3) is 0 Å². The van der Waals surface area contributed by atoms with Gasteiger partial charge in [0, 0.05) is 17.6 Å². The van der Waals surface area contributed by atoms with Crippen LogP contribution in [0.5, 0.6) is 11.5 Å². The molecule has 0 aliphatic carbocycles. The minimum absolute atomic E-state index is 0.0875. The average molecular weight is 403 g/mol. The number of hydrogen-bond donors (Lipinski definition) is 3. The van der Waals surface area contributed by atoms with Gasteiger partial charge < -0.3 is 25.2 Å². The minimum atomic E-state index is -0.829. The van der Waals surface area contributed by atoms with Crippen LogP contribution < -0.4 is 20.1 Å². The van der Waals surface area contributed by atoms with Gasteiger partial charge in [0.2, 0.25) is 5.91 Å². The highest BCUT2D eigenvalue weighted by Gasteiger charge is 2.42. The van der Waals surface area contributed by atoms with Gasteiger partial charge in [0.25, 0.3) is 0 Å². The van der Waals surface area contributed by atoms with Crippen molar-refractivity contribution in [3.05, 3.63) is 58.6 Å². The van der Waals surface area contributed by atoms with Crippen LogP contribution in [0.2, 0.25) is 5.02 Å². The zero-order valence-corrected chi connectivity index (χ0v) is 16.2. The number of carbonyl (C=O) groups excluding carboxylic acids is 1. The van der Waals surface area contributed by atoms with E-state index in [1.807, 2.05) is 30.3 Å². The van der Waals surface area contributed by atoms with E-state index < -0.39 is 11.6 Å². The molecule has 7 heteroatoms. The molecule has 148 valence electrons. The van der Waals surface area contributed by atoms with Crippen molar-refractivity contribution in [2.45, 2.75) is 24.5 Å². The molecule has 0 spiro atoms. The second-order valence-corrected chi connectivity index (χ2v) is 7.53. The number of hydrogen-bond acceptors (Lipinski definition) is 5. The Morgan fingerprint density at radius 3 is 2.64 bits per heavy atom. The van der Waals surface area contributed by atoms with E-state index in [4.69, 9.17) is 21.1 Å². The summed E-state index contributed by atoms with van der Waals surface area (Å²) in [5, 5.41) is 17.5. The molecule has 4 rings (SSSR count). The number of aliphatic hydroxyl groups excluding tert-OH is 1. The molecule has 0 radical (unpaired) electrons. The van der Waals surface area contributed by atoms with Crippen LogP contribution in [0.1, 0.15) is 17.5 Å². The van der Waals surface area contributed by atoms with Gasteiger partial charge in [0.05, 0.1) is 18.1 Å². The summed E-state index contributed by atoms with van der Waals surface area (Å²) in [7, 11) is 0. The number of amides is 1. The molecule has 1 saturated heterocycles. The molecule has 1 amide bonds. The summed E-state index contributed by atoms with van der Waals surface area (Å²) in [6, 6.07) is 13.1. The molecule has 2 atom stereocenters. The number of fused-ring (bicyclic) bond motifs is 1. The first-order chi connectivity index (χ1) is 13.6. The van der Waals surface area contributed by atoms with E-state index in [1.54, 1.807) is 12.1 Å². The minimum Gasteiger partial charge on any atom is -0.486 e. The van der Waals surface area contributed by atoms with Crippen LogP contribution in [-0.4, -0.2) is 43.4 Å². The fourth-order valence-corrected chi connectivity index (χ4v) is 4.08. The van der Waals surface area contributed by atoms with Crippen molar-refractivity contribution in [2.24, 2.45) is 0 Å². The number of ether oxygens (including phenoxy) is 2. The molecule has 0 aromatic heterocycles. The van der Waals surface area contributed by atoms with Gasteiger partial charge in [-0.15, -0.1) is 0 Å². The number of halogens is 1. The molecule has 1 fully saturated rings. The molecule has 0 bridgehead atoms. The van der Waals surface area contributed by atoms with Crippen molar-refractivity contribution >= 4 is 17.5 Å². The summed E-state index contributed by atoms with van der Waals surface area (Å²) in [6.45, 7) is 2.07. The topological polar surface area (TPSA) is 79.8 Å². The number of nitrogens with one attached hydrogen (secondary N) is 2. The predicted molar refractivity (Wildman–Crippen MR) is 106 cm³/mol. The van der Waals surface area contributed by atoms with E-state index in [0.717, 1.165) is 5.56 Å². The van der Waals surface area contributed by atoms with E-state index in [1.165, 1.54) is 0 Å². The fraction of sp³-hybridized carbons (Fsp3) is 0.381. The number of benzene rings is 2. The van der Waals surface area contributed by atoms with E-state index in [9.17, 15) is 9.90 Å². The van der Waals surface area contributed by atoms with Crippen molar-refractivity contribution in [1.29, 1.82) is 0 Å².